The predicted molar refractivity (Wildman–Crippen MR) is 307 cm³/mol. The topological polar surface area (TPSA) is 302 Å². The minimum Gasteiger partial charge on any atom is -0.482 e. The molecule has 0 aliphatic heterocycles. The van der Waals surface area contributed by atoms with E-state index in [1.165, 1.54) is 57.8 Å². The van der Waals surface area contributed by atoms with Gasteiger partial charge in [0, 0.05) is 51.5 Å². The molecule has 29 heteroatoms. The standard InChI is InChI=1S/C29H32Cl2FN5O7.C19H16Cl2FN5O3.C6H8N2O/c1-15(22-17(30)10-11-18(32)23(22)31)42-20-13-19(25(38)34-16-9-12-21(41-8)33-14-16)35-36-24(20)37(26(39)43-28(2,3)4)27(40)44-29(5,6)7;1-9(16-11(20)4-5-12(22)17(16)21)30-14-7-13(26-27-18(14)23)19(28)25-10-3-6-15(29-2)24-8-10;1-9-6-3-2-5(7)4-8-6/h9-15H,1-8H3,(H,34,38);3-9H,1-2H3,(H2,23,27)(H,25,28);2-4H,7H2,1H3. The third kappa shape index (κ3) is 18.7. The summed E-state index contributed by atoms with van der Waals surface area (Å²) in [4.78, 5) is 64.7. The first-order valence-corrected chi connectivity index (χ1v) is 25.8. The number of nitrogens with one attached hydrogen (secondary N) is 2. The fourth-order valence-electron chi connectivity index (χ4n) is 6.55. The number of nitrogens with two attached hydrogens (primary N) is 2. The van der Waals surface area contributed by atoms with Gasteiger partial charge in [0.2, 0.25) is 23.5 Å². The van der Waals surface area contributed by atoms with Crippen molar-refractivity contribution in [1.82, 2.24) is 35.3 Å². The van der Waals surface area contributed by atoms with Gasteiger partial charge in [0.1, 0.15) is 35.0 Å². The Kier molecular flexibility index (Phi) is 22.7. The number of imide groups is 1. The van der Waals surface area contributed by atoms with Gasteiger partial charge in [-0.05, 0) is 97.9 Å². The van der Waals surface area contributed by atoms with Gasteiger partial charge in [0.05, 0.1) is 67.0 Å². The number of ether oxygens (including phenoxy) is 7. The van der Waals surface area contributed by atoms with Crippen molar-refractivity contribution in [2.24, 2.45) is 0 Å². The number of methoxy groups -OCH3 is 3. The minimum atomic E-state index is -1.16. The monoisotopic (exact) mass is 1230 g/mol. The average Bonchev–Trinajstić information content (AvgIpc) is 3.60. The molecule has 440 valence electrons. The van der Waals surface area contributed by atoms with E-state index in [4.69, 9.17) is 91.0 Å². The number of rotatable bonds is 14. The van der Waals surface area contributed by atoms with E-state index >= 15 is 0 Å². The molecule has 0 aliphatic rings. The van der Waals surface area contributed by atoms with Crippen LogP contribution in [0.4, 0.5) is 47.1 Å². The summed E-state index contributed by atoms with van der Waals surface area (Å²) in [5, 5.41) is 20.5. The highest BCUT2D eigenvalue weighted by Crippen LogP contribution is 2.39. The summed E-state index contributed by atoms with van der Waals surface area (Å²) >= 11 is 24.6. The van der Waals surface area contributed by atoms with Crippen LogP contribution in [0.25, 0.3) is 0 Å². The van der Waals surface area contributed by atoms with E-state index in [2.05, 4.69) is 46.0 Å². The smallest absolute Gasteiger partial charge is 0.425 e. The summed E-state index contributed by atoms with van der Waals surface area (Å²) in [7, 11) is 4.50. The summed E-state index contributed by atoms with van der Waals surface area (Å²) in [6.45, 7) is 12.7. The number of nitrogens with zero attached hydrogens (tertiary/aromatic N) is 8. The summed E-state index contributed by atoms with van der Waals surface area (Å²) in [6.07, 6.45) is 0.138. The summed E-state index contributed by atoms with van der Waals surface area (Å²) in [6, 6.07) is 17.1. The van der Waals surface area contributed by atoms with Crippen molar-refractivity contribution in [3.05, 3.63) is 146 Å². The van der Waals surface area contributed by atoms with E-state index in [1.807, 2.05) is 0 Å². The SMILES string of the molecule is COc1ccc(N)cn1.COc1ccc(NC(=O)c2cc(OC(C)c3c(Cl)ccc(F)c3Cl)c(N(C(=O)OC(C)(C)C)C(=O)OC(C)(C)C)nn2)cn1.COc1ccc(NC(=O)c2cc(OC(C)c3c(Cl)ccc(F)c3Cl)c(N)nn2)cn1. The normalized spacial score (nSPS) is 11.6. The Morgan fingerprint density at radius 1 is 0.554 bits per heavy atom. The Morgan fingerprint density at radius 2 is 0.952 bits per heavy atom. The number of nitrogen functional groups attached to an aromatic ring is 2. The van der Waals surface area contributed by atoms with E-state index in [9.17, 15) is 28.0 Å². The molecule has 5 heterocycles. The summed E-state index contributed by atoms with van der Waals surface area (Å²) in [5.74, 6) is -2.16. The van der Waals surface area contributed by atoms with Crippen molar-refractivity contribution >= 4 is 99.1 Å². The highest BCUT2D eigenvalue weighted by Gasteiger charge is 2.37. The average molecular weight is 1230 g/mol. The van der Waals surface area contributed by atoms with Gasteiger partial charge in [-0.2, -0.15) is 4.90 Å². The van der Waals surface area contributed by atoms with Crippen LogP contribution in [0, 0.1) is 11.6 Å². The molecule has 83 heavy (non-hydrogen) atoms. The van der Waals surface area contributed by atoms with Gasteiger partial charge in [-0.1, -0.05) is 46.4 Å². The number of hydrogen-bond acceptors (Lipinski definition) is 20. The number of aromatic nitrogens is 7. The van der Waals surface area contributed by atoms with Crippen LogP contribution in [0.5, 0.6) is 29.1 Å². The van der Waals surface area contributed by atoms with Crippen molar-refractivity contribution in [3.63, 3.8) is 0 Å². The van der Waals surface area contributed by atoms with Crippen molar-refractivity contribution in [1.29, 1.82) is 0 Å². The maximum Gasteiger partial charge on any atom is 0.425 e. The number of anilines is 5. The first-order chi connectivity index (χ1) is 39.0. The van der Waals surface area contributed by atoms with E-state index < -0.39 is 64.9 Å². The van der Waals surface area contributed by atoms with Gasteiger partial charge in [-0.25, -0.2) is 33.3 Å². The lowest BCUT2D eigenvalue weighted by Crippen LogP contribution is -2.44. The second-order valence-electron chi connectivity index (χ2n) is 18.9. The zero-order valence-electron chi connectivity index (χ0n) is 46.3. The third-order valence-electron chi connectivity index (χ3n) is 10.3. The molecule has 4 amide bonds. The first kappa shape index (κ1) is 65.2. The number of amides is 4. The van der Waals surface area contributed by atoms with Gasteiger partial charge in [-0.3, -0.25) is 9.59 Å². The van der Waals surface area contributed by atoms with E-state index in [-0.39, 0.29) is 59.9 Å². The molecule has 0 saturated heterocycles. The molecular weight excluding hydrogens is 1170 g/mol. The van der Waals surface area contributed by atoms with Crippen LogP contribution < -0.4 is 50.7 Å². The number of halogens is 6. The van der Waals surface area contributed by atoms with E-state index in [0.717, 1.165) is 18.2 Å². The largest absolute Gasteiger partial charge is 0.482 e. The van der Waals surface area contributed by atoms with Crippen LogP contribution in [0.15, 0.2) is 91.4 Å². The lowest BCUT2D eigenvalue weighted by atomic mass is 10.1. The fourth-order valence-corrected chi connectivity index (χ4v) is 7.91. The Labute approximate surface area is 495 Å². The lowest BCUT2D eigenvalue weighted by Gasteiger charge is -2.29. The molecule has 5 aromatic heterocycles. The predicted octanol–water partition coefficient (Wildman–Crippen LogP) is 12.4. The van der Waals surface area contributed by atoms with Crippen LogP contribution in [0.2, 0.25) is 20.1 Å². The van der Waals surface area contributed by atoms with Gasteiger partial charge < -0.3 is 55.3 Å². The second kappa shape index (κ2) is 28.9. The minimum absolute atomic E-state index is 0.0568. The van der Waals surface area contributed by atoms with Crippen LogP contribution in [0.3, 0.4) is 0 Å². The molecule has 0 radical (unpaired) electrons. The number of pyridine rings is 3. The zero-order valence-corrected chi connectivity index (χ0v) is 49.3. The maximum absolute atomic E-state index is 14.4. The van der Waals surface area contributed by atoms with E-state index in [0.29, 0.717) is 39.6 Å². The van der Waals surface area contributed by atoms with Gasteiger partial charge in [-0.15, -0.1) is 20.4 Å². The third-order valence-corrected chi connectivity index (χ3v) is 11.7. The van der Waals surface area contributed by atoms with Crippen LogP contribution in [0.1, 0.15) is 99.7 Å². The van der Waals surface area contributed by atoms with Crippen LogP contribution in [-0.2, 0) is 9.47 Å². The molecule has 0 aliphatic carbocycles. The summed E-state index contributed by atoms with van der Waals surface area (Å²) in [5.41, 5.74) is 10.5. The Bertz CT molecular complexity index is 3390. The molecule has 7 aromatic rings. The highest BCUT2D eigenvalue weighted by molar-refractivity contribution is 6.36. The van der Waals surface area contributed by atoms with Crippen molar-refractivity contribution in [3.8, 4) is 29.1 Å². The van der Waals surface area contributed by atoms with Crippen molar-refractivity contribution in [2.45, 2.75) is 78.8 Å². The first-order valence-electron chi connectivity index (χ1n) is 24.3. The lowest BCUT2D eigenvalue weighted by molar-refractivity contribution is 0.0425. The fraction of sp³-hybridized carbons (Fsp3) is 0.278. The molecule has 2 atom stereocenters. The Morgan fingerprint density at radius 3 is 1.34 bits per heavy atom. The van der Waals surface area contributed by atoms with Crippen LogP contribution in [-0.4, -0.2) is 91.9 Å². The number of hydrogen-bond donors (Lipinski definition) is 4. The molecule has 7 rings (SSSR count). The quantitative estimate of drug-likeness (QED) is 0.0735. The Balaban J connectivity index is 0.000000276. The molecular formula is C54H56Cl4F2N12O11. The molecule has 0 fully saturated rings. The second-order valence-corrected chi connectivity index (χ2v) is 20.5. The van der Waals surface area contributed by atoms with Gasteiger partial charge in [0.15, 0.2) is 28.7 Å². The van der Waals surface area contributed by atoms with Gasteiger partial charge in [0.25, 0.3) is 11.8 Å². The maximum atomic E-state index is 14.4. The summed E-state index contributed by atoms with van der Waals surface area (Å²) < 4.78 is 65.6. The molecule has 0 bridgehead atoms. The van der Waals surface area contributed by atoms with Crippen molar-refractivity contribution in [2.75, 3.05) is 48.3 Å². The van der Waals surface area contributed by atoms with Crippen molar-refractivity contribution < 1.29 is 61.1 Å². The van der Waals surface area contributed by atoms with E-state index in [1.54, 1.807) is 92.1 Å². The Hall–Kier alpha value is -8.65. The molecule has 0 saturated carbocycles. The number of carbonyl (C=O) groups is 4. The number of benzene rings is 2. The van der Waals surface area contributed by atoms with Gasteiger partial charge >= 0.3 is 12.2 Å². The molecule has 6 N–H and O–H groups in total. The molecule has 2 aromatic carbocycles. The highest BCUT2D eigenvalue weighted by atomic mass is 35.5. The molecule has 23 nitrogen and oxygen atoms in total. The zero-order chi connectivity index (χ0) is 61.5. The molecule has 2 unspecified atom stereocenters. The molecule has 0 spiro atoms. The van der Waals surface area contributed by atoms with Crippen LogP contribution >= 0.6 is 46.4 Å². The number of carbonyl (C=O) groups excluding carboxylic acids is 4.